The molecule has 6 heteroatoms. The summed E-state index contributed by atoms with van der Waals surface area (Å²) in [5, 5.41) is 3.25. The molecule has 100 valence electrons. The lowest BCUT2D eigenvalue weighted by molar-refractivity contribution is 0.108. The van der Waals surface area contributed by atoms with E-state index in [1.54, 1.807) is 32.2 Å². The monoisotopic (exact) mass is 281 g/mol. The van der Waals surface area contributed by atoms with Gasteiger partial charge in [0, 0.05) is 5.56 Å². The van der Waals surface area contributed by atoms with Gasteiger partial charge in [-0.25, -0.2) is 0 Å². The van der Waals surface area contributed by atoms with Crippen LogP contribution in [0.3, 0.4) is 0 Å². The summed E-state index contributed by atoms with van der Waals surface area (Å²) < 4.78 is 15.4. The predicted molar refractivity (Wildman–Crippen MR) is 70.0 cm³/mol. The Bertz CT molecular complexity index is 621. The molecule has 0 spiro atoms. The number of rotatable bonds is 4. The number of carbonyl (C=O) groups is 1. The maximum atomic E-state index is 11.4. The molecule has 0 radical (unpaired) electrons. The average Bonchev–Trinajstić information content (AvgIpc) is 2.79. The zero-order chi connectivity index (χ0) is 14.0. The lowest BCUT2D eigenvalue weighted by atomic mass is 10.1. The molecule has 0 aliphatic heterocycles. The number of hydrogen-bond donors (Lipinski definition) is 0. The van der Waals surface area contributed by atoms with E-state index < -0.39 is 5.24 Å². The summed E-state index contributed by atoms with van der Waals surface area (Å²) in [6.45, 7) is 1.63. The lowest BCUT2D eigenvalue weighted by Gasteiger charge is -2.08. The van der Waals surface area contributed by atoms with Crippen LogP contribution in [0.1, 0.15) is 16.1 Å². The molecule has 0 saturated carbocycles. The fourth-order valence-electron chi connectivity index (χ4n) is 1.78. The van der Waals surface area contributed by atoms with E-state index in [9.17, 15) is 4.79 Å². The van der Waals surface area contributed by atoms with Crippen molar-refractivity contribution in [3.8, 4) is 22.8 Å². The number of benzene rings is 1. The quantitative estimate of drug-likeness (QED) is 0.806. The molecule has 0 saturated heterocycles. The highest BCUT2D eigenvalue weighted by Crippen LogP contribution is 2.34. The van der Waals surface area contributed by atoms with Gasteiger partial charge in [-0.05, 0) is 36.7 Å². The fraction of sp³-hybridized carbons (Fsp3) is 0.231. The van der Waals surface area contributed by atoms with Crippen molar-refractivity contribution in [2.45, 2.75) is 6.92 Å². The molecule has 0 bridgehead atoms. The van der Waals surface area contributed by atoms with E-state index in [1.807, 2.05) is 0 Å². The van der Waals surface area contributed by atoms with Crippen molar-refractivity contribution in [3.05, 3.63) is 29.5 Å². The molecular formula is C13H12ClNO4. The van der Waals surface area contributed by atoms with Crippen LogP contribution < -0.4 is 9.47 Å². The van der Waals surface area contributed by atoms with Crippen LogP contribution in [0.2, 0.25) is 0 Å². The van der Waals surface area contributed by atoms with Gasteiger partial charge in [-0.2, -0.15) is 0 Å². The molecule has 19 heavy (non-hydrogen) atoms. The second-order valence-electron chi connectivity index (χ2n) is 3.81. The molecule has 0 fully saturated rings. The summed E-state index contributed by atoms with van der Waals surface area (Å²) in [4.78, 5) is 11.4. The van der Waals surface area contributed by atoms with E-state index in [2.05, 4.69) is 5.16 Å². The fourth-order valence-corrected chi connectivity index (χ4v) is 2.01. The van der Waals surface area contributed by atoms with Crippen molar-refractivity contribution >= 4 is 16.8 Å². The summed E-state index contributed by atoms with van der Waals surface area (Å²) >= 11 is 5.54. The van der Waals surface area contributed by atoms with Crippen molar-refractivity contribution in [1.82, 2.24) is 5.16 Å². The number of hydrogen-bond acceptors (Lipinski definition) is 5. The summed E-state index contributed by atoms with van der Waals surface area (Å²) in [6.07, 6.45) is 0. The van der Waals surface area contributed by atoms with Gasteiger partial charge in [0.25, 0.3) is 5.24 Å². The number of aromatic nitrogens is 1. The summed E-state index contributed by atoms with van der Waals surface area (Å²) in [6, 6.07) is 5.18. The SMILES string of the molecule is COc1ccc(-c2noc(C)c2C(=O)Cl)cc1OC. The first-order valence-corrected chi connectivity index (χ1v) is 5.84. The van der Waals surface area contributed by atoms with E-state index in [-0.39, 0.29) is 5.56 Å². The van der Waals surface area contributed by atoms with Crippen molar-refractivity contribution in [2.24, 2.45) is 0 Å². The van der Waals surface area contributed by atoms with Crippen LogP contribution in [0, 0.1) is 6.92 Å². The van der Waals surface area contributed by atoms with Gasteiger partial charge in [-0.15, -0.1) is 0 Å². The first-order chi connectivity index (χ1) is 9.08. The highest BCUT2D eigenvalue weighted by atomic mass is 35.5. The third-order valence-corrected chi connectivity index (χ3v) is 2.91. The smallest absolute Gasteiger partial charge is 0.258 e. The van der Waals surface area contributed by atoms with Crippen molar-refractivity contribution in [1.29, 1.82) is 0 Å². The maximum Gasteiger partial charge on any atom is 0.258 e. The van der Waals surface area contributed by atoms with Gasteiger partial charge in [0.1, 0.15) is 17.0 Å². The molecule has 5 nitrogen and oxygen atoms in total. The lowest BCUT2D eigenvalue weighted by Crippen LogP contribution is -1.95. The zero-order valence-corrected chi connectivity index (χ0v) is 11.4. The highest BCUT2D eigenvalue weighted by Gasteiger charge is 2.21. The van der Waals surface area contributed by atoms with Crippen LogP contribution in [-0.4, -0.2) is 24.6 Å². The molecule has 2 rings (SSSR count). The second kappa shape index (κ2) is 5.32. The number of methoxy groups -OCH3 is 2. The molecule has 0 aliphatic rings. The molecular weight excluding hydrogens is 270 g/mol. The molecule has 1 aromatic heterocycles. The van der Waals surface area contributed by atoms with E-state index in [1.165, 1.54) is 7.11 Å². The standard InChI is InChI=1S/C13H12ClNO4/c1-7-11(13(14)16)12(15-19-7)8-4-5-9(17-2)10(6-8)18-3/h4-6H,1-3H3. The summed E-state index contributed by atoms with van der Waals surface area (Å²) in [5.74, 6) is 1.50. The summed E-state index contributed by atoms with van der Waals surface area (Å²) in [5.41, 5.74) is 1.31. The Kier molecular flexibility index (Phi) is 3.76. The largest absolute Gasteiger partial charge is 0.493 e. The second-order valence-corrected chi connectivity index (χ2v) is 4.15. The van der Waals surface area contributed by atoms with E-state index >= 15 is 0 Å². The van der Waals surface area contributed by atoms with Gasteiger partial charge in [-0.1, -0.05) is 5.16 Å². The van der Waals surface area contributed by atoms with E-state index in [0.717, 1.165) is 0 Å². The number of nitrogens with zero attached hydrogens (tertiary/aromatic N) is 1. The minimum Gasteiger partial charge on any atom is -0.493 e. The zero-order valence-electron chi connectivity index (χ0n) is 10.7. The molecule has 2 aromatic rings. The topological polar surface area (TPSA) is 61.6 Å². The molecule has 0 N–H and O–H groups in total. The highest BCUT2D eigenvalue weighted by molar-refractivity contribution is 6.68. The Morgan fingerprint density at radius 2 is 1.95 bits per heavy atom. The van der Waals surface area contributed by atoms with Crippen molar-refractivity contribution in [2.75, 3.05) is 14.2 Å². The van der Waals surface area contributed by atoms with Crippen LogP contribution in [0.15, 0.2) is 22.7 Å². The Balaban J connectivity index is 2.57. The van der Waals surface area contributed by atoms with Crippen LogP contribution in [0.5, 0.6) is 11.5 Å². The number of aryl methyl sites for hydroxylation is 1. The van der Waals surface area contributed by atoms with Crippen LogP contribution in [0.4, 0.5) is 0 Å². The Hall–Kier alpha value is -2.01. The van der Waals surface area contributed by atoms with Crippen LogP contribution in [0.25, 0.3) is 11.3 Å². The Morgan fingerprint density at radius 1 is 1.26 bits per heavy atom. The minimum absolute atomic E-state index is 0.258. The van der Waals surface area contributed by atoms with Gasteiger partial charge in [0.2, 0.25) is 0 Å². The van der Waals surface area contributed by atoms with Crippen molar-refractivity contribution in [3.63, 3.8) is 0 Å². The van der Waals surface area contributed by atoms with Gasteiger partial charge in [-0.3, -0.25) is 4.79 Å². The van der Waals surface area contributed by atoms with Gasteiger partial charge >= 0.3 is 0 Å². The maximum absolute atomic E-state index is 11.4. The molecule has 0 amide bonds. The average molecular weight is 282 g/mol. The first-order valence-electron chi connectivity index (χ1n) is 5.47. The minimum atomic E-state index is -0.608. The number of carbonyl (C=O) groups excluding carboxylic acids is 1. The molecule has 0 aliphatic carbocycles. The van der Waals surface area contributed by atoms with Crippen LogP contribution >= 0.6 is 11.6 Å². The Morgan fingerprint density at radius 3 is 2.53 bits per heavy atom. The van der Waals surface area contributed by atoms with Gasteiger partial charge in [0.15, 0.2) is 11.5 Å². The molecule has 1 heterocycles. The Labute approximate surface area is 115 Å². The predicted octanol–water partition coefficient (Wildman–Crippen LogP) is 3.05. The normalized spacial score (nSPS) is 10.3. The van der Waals surface area contributed by atoms with Gasteiger partial charge in [0.05, 0.1) is 14.2 Å². The third kappa shape index (κ3) is 2.42. The molecule has 1 aromatic carbocycles. The van der Waals surface area contributed by atoms with Gasteiger partial charge < -0.3 is 14.0 Å². The number of halogens is 1. The van der Waals surface area contributed by atoms with E-state index in [4.69, 9.17) is 25.6 Å². The van der Waals surface area contributed by atoms with E-state index in [0.29, 0.717) is 28.5 Å². The third-order valence-electron chi connectivity index (χ3n) is 2.72. The van der Waals surface area contributed by atoms with Crippen LogP contribution in [-0.2, 0) is 0 Å². The molecule has 0 unspecified atom stereocenters. The summed E-state index contributed by atoms with van der Waals surface area (Å²) in [7, 11) is 3.08. The van der Waals surface area contributed by atoms with Crippen molar-refractivity contribution < 1.29 is 18.8 Å². The first kappa shape index (κ1) is 13.4. The number of ether oxygens (including phenoxy) is 2. The molecule has 0 atom stereocenters.